The predicted molar refractivity (Wildman–Crippen MR) is 78.8 cm³/mol. The number of aromatic amines is 1. The lowest BCUT2D eigenvalue weighted by molar-refractivity contribution is 0.0950. The normalized spacial score (nSPS) is 11.2. The molecule has 2 aromatic rings. The Hall–Kier alpha value is -2.23. The van der Waals surface area contributed by atoms with E-state index in [2.05, 4.69) is 10.3 Å². The van der Waals surface area contributed by atoms with Crippen LogP contribution in [0.25, 0.3) is 0 Å². The molecule has 0 bridgehead atoms. The van der Waals surface area contributed by atoms with Gasteiger partial charge in [-0.3, -0.25) is 4.79 Å². The van der Waals surface area contributed by atoms with E-state index in [1.807, 2.05) is 51.2 Å². The van der Waals surface area contributed by atoms with E-state index in [1.54, 1.807) is 12.1 Å². The Kier molecular flexibility index (Phi) is 4.13. The summed E-state index contributed by atoms with van der Waals surface area (Å²) in [4.78, 5) is 15.0. The highest BCUT2D eigenvalue weighted by Crippen LogP contribution is 2.18. The van der Waals surface area contributed by atoms with Crippen molar-refractivity contribution in [3.8, 4) is 5.75 Å². The molecule has 0 fully saturated rings. The molecule has 0 atom stereocenters. The molecule has 0 aliphatic carbocycles. The molecule has 4 nitrogen and oxygen atoms in total. The molecule has 1 aromatic heterocycles. The van der Waals surface area contributed by atoms with Gasteiger partial charge in [-0.25, -0.2) is 0 Å². The molecule has 2 N–H and O–H groups in total. The minimum Gasteiger partial charge on any atom is -0.488 e. The number of carbonyl (C=O) groups is 1. The third-order valence-corrected chi connectivity index (χ3v) is 2.64. The lowest BCUT2D eigenvalue weighted by Gasteiger charge is -2.21. The van der Waals surface area contributed by atoms with Crippen LogP contribution in [0.5, 0.6) is 5.75 Å². The number of amides is 1. The topological polar surface area (TPSA) is 54.1 Å². The highest BCUT2D eigenvalue weighted by atomic mass is 16.5. The zero-order valence-electron chi connectivity index (χ0n) is 12.1. The summed E-state index contributed by atoms with van der Waals surface area (Å²) < 4.78 is 5.72. The summed E-state index contributed by atoms with van der Waals surface area (Å²) in [5.41, 5.74) is 1.36. The maximum atomic E-state index is 12.0. The largest absolute Gasteiger partial charge is 0.488 e. The first-order valence-electron chi connectivity index (χ1n) is 6.63. The number of carbonyl (C=O) groups excluding carboxylic acids is 1. The van der Waals surface area contributed by atoms with E-state index in [9.17, 15) is 4.79 Å². The third-order valence-electron chi connectivity index (χ3n) is 2.64. The van der Waals surface area contributed by atoms with Gasteiger partial charge in [0.1, 0.15) is 11.4 Å². The monoisotopic (exact) mass is 272 g/mol. The molecule has 0 saturated carbocycles. The van der Waals surface area contributed by atoms with Crippen molar-refractivity contribution >= 4 is 5.91 Å². The van der Waals surface area contributed by atoms with Gasteiger partial charge < -0.3 is 15.0 Å². The van der Waals surface area contributed by atoms with Crippen LogP contribution in [-0.4, -0.2) is 16.5 Å². The Morgan fingerprint density at radius 2 is 1.90 bits per heavy atom. The lowest BCUT2D eigenvalue weighted by atomic mass is 10.1. The smallest absolute Gasteiger partial charge is 0.251 e. The molecular weight excluding hydrogens is 252 g/mol. The molecule has 0 spiro atoms. The molecular formula is C16H20N2O2. The van der Waals surface area contributed by atoms with Crippen LogP contribution in [0.3, 0.4) is 0 Å². The van der Waals surface area contributed by atoms with Gasteiger partial charge in [-0.1, -0.05) is 0 Å². The maximum absolute atomic E-state index is 12.0. The van der Waals surface area contributed by atoms with Crippen LogP contribution < -0.4 is 10.1 Å². The molecule has 1 aromatic carbocycles. The summed E-state index contributed by atoms with van der Waals surface area (Å²) in [6, 6.07) is 11.0. The Balaban J connectivity index is 1.93. The van der Waals surface area contributed by atoms with E-state index in [1.165, 1.54) is 0 Å². The summed E-state index contributed by atoms with van der Waals surface area (Å²) in [5, 5.41) is 2.86. The van der Waals surface area contributed by atoms with Crippen molar-refractivity contribution in [3.63, 3.8) is 0 Å². The number of rotatable bonds is 4. The van der Waals surface area contributed by atoms with E-state index in [-0.39, 0.29) is 11.5 Å². The fourth-order valence-electron chi connectivity index (χ4n) is 1.78. The number of H-pyrrole nitrogens is 1. The molecule has 0 radical (unpaired) electrons. The van der Waals surface area contributed by atoms with Crippen molar-refractivity contribution in [3.05, 3.63) is 53.9 Å². The van der Waals surface area contributed by atoms with Crippen LogP contribution in [0, 0.1) is 0 Å². The summed E-state index contributed by atoms with van der Waals surface area (Å²) >= 11 is 0. The first-order valence-corrected chi connectivity index (χ1v) is 6.63. The molecule has 2 rings (SSSR count). The van der Waals surface area contributed by atoms with Crippen LogP contribution in [0.15, 0.2) is 42.6 Å². The first kappa shape index (κ1) is 14.2. The summed E-state index contributed by atoms with van der Waals surface area (Å²) in [6.45, 7) is 6.46. The number of hydrogen-bond acceptors (Lipinski definition) is 2. The zero-order valence-corrected chi connectivity index (χ0v) is 12.1. The molecule has 1 amide bonds. The predicted octanol–water partition coefficient (Wildman–Crippen LogP) is 3.12. The molecule has 0 unspecified atom stereocenters. The van der Waals surface area contributed by atoms with Gasteiger partial charge in [-0.05, 0) is 57.2 Å². The Morgan fingerprint density at radius 1 is 1.20 bits per heavy atom. The van der Waals surface area contributed by atoms with Gasteiger partial charge in [0.05, 0.1) is 6.54 Å². The maximum Gasteiger partial charge on any atom is 0.251 e. The van der Waals surface area contributed by atoms with E-state index in [0.29, 0.717) is 12.1 Å². The van der Waals surface area contributed by atoms with Crippen molar-refractivity contribution in [1.29, 1.82) is 0 Å². The van der Waals surface area contributed by atoms with Gasteiger partial charge in [0.25, 0.3) is 5.91 Å². The number of aromatic nitrogens is 1. The van der Waals surface area contributed by atoms with Crippen LogP contribution in [0.1, 0.15) is 36.8 Å². The fraction of sp³-hybridized carbons (Fsp3) is 0.312. The van der Waals surface area contributed by atoms with E-state index >= 15 is 0 Å². The Morgan fingerprint density at radius 3 is 2.45 bits per heavy atom. The van der Waals surface area contributed by atoms with Gasteiger partial charge in [0.2, 0.25) is 0 Å². The molecule has 1 heterocycles. The molecule has 106 valence electrons. The van der Waals surface area contributed by atoms with Crippen molar-refractivity contribution in [2.75, 3.05) is 0 Å². The second kappa shape index (κ2) is 5.82. The molecule has 0 saturated heterocycles. The van der Waals surface area contributed by atoms with E-state index < -0.39 is 0 Å². The minimum absolute atomic E-state index is 0.0955. The van der Waals surface area contributed by atoms with Crippen molar-refractivity contribution in [2.45, 2.75) is 32.9 Å². The van der Waals surface area contributed by atoms with Crippen molar-refractivity contribution in [1.82, 2.24) is 10.3 Å². The fourth-order valence-corrected chi connectivity index (χ4v) is 1.78. The van der Waals surface area contributed by atoms with Crippen molar-refractivity contribution < 1.29 is 9.53 Å². The standard InChI is InChI=1S/C16H20N2O2/c1-16(2,3)20-14-8-6-12(7-9-14)15(19)18-11-13-5-4-10-17-13/h4-10,17H,11H2,1-3H3,(H,18,19). The Bertz CT molecular complexity index is 551. The lowest BCUT2D eigenvalue weighted by Crippen LogP contribution is -2.24. The second-order valence-electron chi connectivity index (χ2n) is 5.62. The van der Waals surface area contributed by atoms with Crippen LogP contribution in [0.2, 0.25) is 0 Å². The average Bonchev–Trinajstić information content (AvgIpc) is 2.88. The van der Waals surface area contributed by atoms with Crippen LogP contribution in [-0.2, 0) is 6.54 Å². The molecule has 20 heavy (non-hydrogen) atoms. The molecule has 0 aliphatic rings. The highest BCUT2D eigenvalue weighted by Gasteiger charge is 2.12. The quantitative estimate of drug-likeness (QED) is 0.898. The van der Waals surface area contributed by atoms with Crippen molar-refractivity contribution in [2.24, 2.45) is 0 Å². The molecule has 4 heteroatoms. The minimum atomic E-state index is -0.239. The number of ether oxygens (including phenoxy) is 1. The number of nitrogens with one attached hydrogen (secondary N) is 2. The number of benzene rings is 1. The van der Waals surface area contributed by atoms with Gasteiger partial charge in [0, 0.05) is 17.5 Å². The first-order chi connectivity index (χ1) is 9.44. The highest BCUT2D eigenvalue weighted by molar-refractivity contribution is 5.94. The van der Waals surface area contributed by atoms with Crippen LogP contribution in [0.4, 0.5) is 0 Å². The van der Waals surface area contributed by atoms with Gasteiger partial charge in [0.15, 0.2) is 0 Å². The van der Waals surface area contributed by atoms with Gasteiger partial charge >= 0.3 is 0 Å². The Labute approximate surface area is 119 Å². The average molecular weight is 272 g/mol. The SMILES string of the molecule is CC(C)(C)Oc1ccc(C(=O)NCc2ccc[nH]2)cc1. The summed E-state index contributed by atoms with van der Waals surface area (Å²) in [5.74, 6) is 0.667. The third kappa shape index (κ3) is 4.16. The van der Waals surface area contributed by atoms with E-state index in [0.717, 1.165) is 11.4 Å². The summed E-state index contributed by atoms with van der Waals surface area (Å²) in [6.07, 6.45) is 1.83. The van der Waals surface area contributed by atoms with Crippen LogP contribution >= 0.6 is 0 Å². The summed E-state index contributed by atoms with van der Waals surface area (Å²) in [7, 11) is 0. The zero-order chi connectivity index (χ0) is 14.6. The second-order valence-corrected chi connectivity index (χ2v) is 5.62. The number of hydrogen-bond donors (Lipinski definition) is 2. The van der Waals surface area contributed by atoms with Gasteiger partial charge in [-0.2, -0.15) is 0 Å². The van der Waals surface area contributed by atoms with E-state index in [4.69, 9.17) is 4.74 Å². The van der Waals surface area contributed by atoms with Gasteiger partial charge in [-0.15, -0.1) is 0 Å². The molecule has 0 aliphatic heterocycles.